The molecule has 0 amide bonds. The van der Waals surface area contributed by atoms with Gasteiger partial charge in [0.1, 0.15) is 23.6 Å². The number of hydrogen-bond donors (Lipinski definition) is 0. The van der Waals surface area contributed by atoms with E-state index in [2.05, 4.69) is 11.1 Å². The molecule has 0 bridgehead atoms. The number of carbonyl (C=O) groups is 2. The van der Waals surface area contributed by atoms with Gasteiger partial charge in [0.05, 0.1) is 19.8 Å². The van der Waals surface area contributed by atoms with Crippen molar-refractivity contribution in [2.75, 3.05) is 19.8 Å². The molecule has 0 saturated carbocycles. The molecule has 0 aliphatic rings. The fourth-order valence-electron chi connectivity index (χ4n) is 4.94. The van der Waals surface area contributed by atoms with Crippen molar-refractivity contribution in [3.63, 3.8) is 0 Å². The summed E-state index contributed by atoms with van der Waals surface area (Å²) < 4.78 is 28.1. The van der Waals surface area contributed by atoms with Crippen LogP contribution < -0.4 is 9.47 Å². The summed E-state index contributed by atoms with van der Waals surface area (Å²) in [5.74, 6) is 0.161. The van der Waals surface area contributed by atoms with Crippen LogP contribution >= 0.6 is 0 Å². The monoisotopic (exact) mass is 595 g/mol. The summed E-state index contributed by atoms with van der Waals surface area (Å²) in [6.07, 6.45) is 2.72. The molecule has 8 heteroatoms. The number of oxazole rings is 1. The molecule has 4 aromatic carbocycles. The number of benzene rings is 4. The predicted octanol–water partition coefficient (Wildman–Crippen LogP) is 7.91. The lowest BCUT2D eigenvalue weighted by molar-refractivity contribution is -0.161. The van der Waals surface area contributed by atoms with Crippen LogP contribution in [-0.4, -0.2) is 36.7 Å². The molecule has 8 nitrogen and oxygen atoms in total. The van der Waals surface area contributed by atoms with Crippen LogP contribution in [0.25, 0.3) is 33.3 Å². The maximum absolute atomic E-state index is 12.1. The van der Waals surface area contributed by atoms with Crippen LogP contribution in [0.4, 0.5) is 0 Å². The number of hydrogen-bond acceptors (Lipinski definition) is 8. The smallest absolute Gasteiger partial charge is 0.320 e. The van der Waals surface area contributed by atoms with Gasteiger partial charge in [0.25, 0.3) is 0 Å². The van der Waals surface area contributed by atoms with Gasteiger partial charge in [-0.05, 0) is 79.4 Å². The molecule has 228 valence electrons. The summed E-state index contributed by atoms with van der Waals surface area (Å²) in [4.78, 5) is 28.9. The number of unbranched alkanes of at least 4 members (excludes halogenated alkanes) is 2. The van der Waals surface area contributed by atoms with Gasteiger partial charge in [0.15, 0.2) is 11.5 Å². The molecule has 0 saturated heterocycles. The molecule has 44 heavy (non-hydrogen) atoms. The van der Waals surface area contributed by atoms with Crippen LogP contribution in [0, 0.1) is 5.92 Å². The van der Waals surface area contributed by atoms with Crippen molar-refractivity contribution in [3.8, 4) is 23.0 Å². The van der Waals surface area contributed by atoms with Crippen molar-refractivity contribution in [3.05, 3.63) is 90.5 Å². The number of nitrogens with zero attached hydrogens (tertiary/aromatic N) is 1. The molecule has 0 aliphatic carbocycles. The van der Waals surface area contributed by atoms with E-state index in [0.29, 0.717) is 37.5 Å². The summed E-state index contributed by atoms with van der Waals surface area (Å²) in [6.45, 7) is 4.93. The largest absolute Gasteiger partial charge is 0.494 e. The second kappa shape index (κ2) is 15.0. The maximum atomic E-state index is 12.1. The molecule has 0 spiro atoms. The zero-order chi connectivity index (χ0) is 30.7. The summed E-state index contributed by atoms with van der Waals surface area (Å²) in [6, 6.07) is 27.8. The van der Waals surface area contributed by atoms with E-state index in [1.807, 2.05) is 78.9 Å². The molecule has 0 fully saturated rings. The number of esters is 2. The van der Waals surface area contributed by atoms with Crippen molar-refractivity contribution >= 4 is 33.8 Å². The van der Waals surface area contributed by atoms with Crippen molar-refractivity contribution in [1.29, 1.82) is 0 Å². The lowest BCUT2D eigenvalue weighted by Crippen LogP contribution is -2.28. The first kappa shape index (κ1) is 30.6. The topological polar surface area (TPSA) is 97.1 Å². The third kappa shape index (κ3) is 7.95. The second-order valence-corrected chi connectivity index (χ2v) is 10.4. The highest BCUT2D eigenvalue weighted by molar-refractivity contribution is 5.94. The molecule has 0 radical (unpaired) electrons. The standard InChI is InChI=1S/C36H37NO7/c1-3-40-35(38)31(36(39)41-4-2)13-9-6-10-20-42-29-17-16-26-21-28(15-14-27(26)22-29)34-37-32-19-18-30(23-33(32)44-34)43-24-25-11-7-5-8-12-25/h5,7-8,11-12,14-19,21-23,31H,3-4,6,9-10,13,20,24H2,1-2H3. The Morgan fingerprint density at radius 1 is 0.750 bits per heavy atom. The Morgan fingerprint density at radius 2 is 1.45 bits per heavy atom. The van der Waals surface area contributed by atoms with Crippen LogP contribution in [-0.2, 0) is 25.7 Å². The van der Waals surface area contributed by atoms with Gasteiger partial charge in [0.2, 0.25) is 5.89 Å². The normalized spacial score (nSPS) is 11.2. The van der Waals surface area contributed by atoms with Gasteiger partial charge < -0.3 is 23.4 Å². The van der Waals surface area contributed by atoms with Gasteiger partial charge >= 0.3 is 11.9 Å². The third-order valence-electron chi connectivity index (χ3n) is 7.21. The summed E-state index contributed by atoms with van der Waals surface area (Å²) in [5, 5.41) is 2.10. The van der Waals surface area contributed by atoms with Gasteiger partial charge in [0, 0.05) is 11.6 Å². The Morgan fingerprint density at radius 3 is 2.23 bits per heavy atom. The van der Waals surface area contributed by atoms with Crippen LogP contribution in [0.15, 0.2) is 89.3 Å². The van der Waals surface area contributed by atoms with Crippen molar-refractivity contribution < 1.29 is 33.0 Å². The molecular weight excluding hydrogens is 558 g/mol. The van der Waals surface area contributed by atoms with E-state index in [1.54, 1.807) is 13.8 Å². The molecule has 5 rings (SSSR count). The zero-order valence-electron chi connectivity index (χ0n) is 25.1. The maximum Gasteiger partial charge on any atom is 0.320 e. The second-order valence-electron chi connectivity index (χ2n) is 10.4. The first-order chi connectivity index (χ1) is 21.5. The van der Waals surface area contributed by atoms with Crippen LogP contribution in [0.1, 0.15) is 45.1 Å². The number of aromatic nitrogens is 1. The average Bonchev–Trinajstić information content (AvgIpc) is 3.47. The van der Waals surface area contributed by atoms with E-state index in [4.69, 9.17) is 23.4 Å². The van der Waals surface area contributed by atoms with Gasteiger partial charge in [-0.1, -0.05) is 55.3 Å². The Balaban J connectivity index is 1.13. The van der Waals surface area contributed by atoms with Crippen LogP contribution in [0.2, 0.25) is 0 Å². The zero-order valence-corrected chi connectivity index (χ0v) is 25.1. The van der Waals surface area contributed by atoms with Crippen LogP contribution in [0.3, 0.4) is 0 Å². The molecule has 0 N–H and O–H groups in total. The lowest BCUT2D eigenvalue weighted by Gasteiger charge is -2.14. The number of carbonyl (C=O) groups excluding carboxylic acids is 2. The first-order valence-corrected chi connectivity index (χ1v) is 15.1. The number of rotatable bonds is 15. The van der Waals surface area contributed by atoms with Gasteiger partial charge in [-0.2, -0.15) is 0 Å². The van der Waals surface area contributed by atoms with Crippen molar-refractivity contribution in [1.82, 2.24) is 4.98 Å². The Bertz CT molecular complexity index is 1680. The first-order valence-electron chi connectivity index (χ1n) is 15.1. The Hall–Kier alpha value is -4.85. The predicted molar refractivity (Wildman–Crippen MR) is 168 cm³/mol. The molecule has 0 aliphatic heterocycles. The molecule has 0 unspecified atom stereocenters. The molecule has 5 aromatic rings. The fraction of sp³-hybridized carbons (Fsp3) is 0.306. The third-order valence-corrected chi connectivity index (χ3v) is 7.21. The van der Waals surface area contributed by atoms with E-state index in [1.165, 1.54) is 0 Å². The Labute approximate surface area is 256 Å². The van der Waals surface area contributed by atoms with Crippen molar-refractivity contribution in [2.24, 2.45) is 5.92 Å². The quantitative estimate of drug-likeness (QED) is 0.0684. The minimum atomic E-state index is -0.868. The number of ether oxygens (including phenoxy) is 4. The Kier molecular flexibility index (Phi) is 10.5. The van der Waals surface area contributed by atoms with E-state index < -0.39 is 17.9 Å². The highest BCUT2D eigenvalue weighted by Gasteiger charge is 2.28. The molecule has 0 atom stereocenters. The lowest BCUT2D eigenvalue weighted by atomic mass is 10.0. The van der Waals surface area contributed by atoms with E-state index in [0.717, 1.165) is 51.8 Å². The van der Waals surface area contributed by atoms with Gasteiger partial charge in [-0.15, -0.1) is 0 Å². The summed E-state index contributed by atoms with van der Waals surface area (Å²) >= 11 is 0. The van der Waals surface area contributed by atoms with E-state index in [9.17, 15) is 9.59 Å². The minimum absolute atomic E-state index is 0.235. The highest BCUT2D eigenvalue weighted by atomic mass is 16.6. The fourth-order valence-corrected chi connectivity index (χ4v) is 4.94. The van der Waals surface area contributed by atoms with Gasteiger partial charge in [-0.25, -0.2) is 4.98 Å². The van der Waals surface area contributed by atoms with Gasteiger partial charge in [-0.3, -0.25) is 9.59 Å². The average molecular weight is 596 g/mol. The number of fused-ring (bicyclic) bond motifs is 2. The SMILES string of the molecule is CCOC(=O)C(CCCCCOc1ccc2cc(-c3nc4ccc(OCc5ccccc5)cc4o3)ccc2c1)C(=O)OCC. The molecular formula is C36H37NO7. The highest BCUT2D eigenvalue weighted by Crippen LogP contribution is 2.30. The minimum Gasteiger partial charge on any atom is -0.494 e. The molecule has 1 aromatic heterocycles. The van der Waals surface area contributed by atoms with Crippen molar-refractivity contribution in [2.45, 2.75) is 46.1 Å². The molecule has 1 heterocycles. The summed E-state index contributed by atoms with van der Waals surface area (Å²) in [7, 11) is 0. The van der Waals surface area contributed by atoms with Crippen LogP contribution in [0.5, 0.6) is 11.5 Å². The van der Waals surface area contributed by atoms with E-state index >= 15 is 0 Å². The van der Waals surface area contributed by atoms with E-state index in [-0.39, 0.29) is 13.2 Å². The summed E-state index contributed by atoms with van der Waals surface area (Å²) in [5.41, 5.74) is 3.43.